The zero-order valence-electron chi connectivity index (χ0n) is 16.7. The third-order valence-electron chi connectivity index (χ3n) is 4.02. The van der Waals surface area contributed by atoms with Crippen molar-refractivity contribution in [1.82, 2.24) is 4.90 Å². The highest BCUT2D eigenvalue weighted by Gasteiger charge is 2.60. The van der Waals surface area contributed by atoms with Gasteiger partial charge in [0, 0.05) is 14.1 Å². The first-order valence-electron chi connectivity index (χ1n) is 8.55. The summed E-state index contributed by atoms with van der Waals surface area (Å²) in [7, 11) is 1.13. The van der Waals surface area contributed by atoms with Crippen LogP contribution in [0, 0.1) is 5.41 Å². The number of esters is 1. The molecule has 0 N–H and O–H groups in total. The SMILES string of the molecule is CCOC(=O)C(O[Si](C)(C)C)(c1ccccc1)C(C)(C)C(=O)N(C)C. The number of benzene rings is 1. The van der Waals surface area contributed by atoms with Crippen LogP contribution in [0.3, 0.4) is 0 Å². The van der Waals surface area contributed by atoms with Gasteiger partial charge >= 0.3 is 5.97 Å². The number of rotatable bonds is 7. The van der Waals surface area contributed by atoms with Gasteiger partial charge in [-0.05, 0) is 46.0 Å². The lowest BCUT2D eigenvalue weighted by Gasteiger charge is -2.47. The Bertz CT molecular complexity index is 608. The first kappa shape index (κ1) is 21.4. The minimum Gasteiger partial charge on any atom is -0.464 e. The molecule has 5 nitrogen and oxygen atoms in total. The highest BCUT2D eigenvalue weighted by molar-refractivity contribution is 6.70. The Morgan fingerprint density at radius 3 is 2.00 bits per heavy atom. The number of hydrogen-bond donors (Lipinski definition) is 0. The zero-order chi connectivity index (χ0) is 19.5. The Morgan fingerprint density at radius 1 is 1.08 bits per heavy atom. The molecule has 6 heteroatoms. The fraction of sp³-hybridized carbons (Fsp3) is 0.579. The van der Waals surface area contributed by atoms with E-state index in [2.05, 4.69) is 0 Å². The van der Waals surface area contributed by atoms with Crippen LogP contribution < -0.4 is 0 Å². The van der Waals surface area contributed by atoms with Crippen molar-refractivity contribution in [1.29, 1.82) is 0 Å². The molecular formula is C19H31NO4Si. The van der Waals surface area contributed by atoms with E-state index in [-0.39, 0.29) is 12.5 Å². The van der Waals surface area contributed by atoms with E-state index in [0.29, 0.717) is 5.56 Å². The Hall–Kier alpha value is -1.66. The Labute approximate surface area is 152 Å². The Kier molecular flexibility index (Phi) is 6.59. The minimum atomic E-state index is -2.23. The van der Waals surface area contributed by atoms with E-state index < -0.39 is 25.3 Å². The van der Waals surface area contributed by atoms with Gasteiger partial charge in [-0.25, -0.2) is 4.79 Å². The van der Waals surface area contributed by atoms with Gasteiger partial charge in [-0.15, -0.1) is 0 Å². The summed E-state index contributed by atoms with van der Waals surface area (Å²) in [6.45, 7) is 11.5. The van der Waals surface area contributed by atoms with Crippen molar-refractivity contribution in [2.24, 2.45) is 5.41 Å². The molecule has 1 amide bonds. The molecule has 0 fully saturated rings. The lowest BCUT2D eigenvalue weighted by molar-refractivity contribution is -0.184. The predicted molar refractivity (Wildman–Crippen MR) is 102 cm³/mol. The topological polar surface area (TPSA) is 55.8 Å². The van der Waals surface area contributed by atoms with Crippen molar-refractivity contribution in [3.8, 4) is 0 Å². The molecule has 0 saturated heterocycles. The van der Waals surface area contributed by atoms with Gasteiger partial charge in [0.05, 0.1) is 12.0 Å². The average molecular weight is 366 g/mol. The second-order valence-corrected chi connectivity index (χ2v) is 12.2. The summed E-state index contributed by atoms with van der Waals surface area (Å²) in [5, 5.41) is 0. The molecule has 1 aromatic carbocycles. The van der Waals surface area contributed by atoms with Crippen LogP contribution in [0.2, 0.25) is 19.6 Å². The zero-order valence-corrected chi connectivity index (χ0v) is 17.7. The molecule has 0 aromatic heterocycles. The number of nitrogens with zero attached hydrogens (tertiary/aromatic N) is 1. The Morgan fingerprint density at radius 2 is 1.60 bits per heavy atom. The van der Waals surface area contributed by atoms with Gasteiger partial charge in [-0.1, -0.05) is 30.3 Å². The predicted octanol–water partition coefficient (Wildman–Crippen LogP) is 3.41. The van der Waals surface area contributed by atoms with E-state index in [1.807, 2.05) is 50.0 Å². The number of carbonyl (C=O) groups is 2. The fourth-order valence-corrected chi connectivity index (χ4v) is 4.41. The van der Waals surface area contributed by atoms with Crippen LogP contribution in [0.25, 0.3) is 0 Å². The molecule has 0 aliphatic heterocycles. The molecule has 1 unspecified atom stereocenters. The van der Waals surface area contributed by atoms with E-state index >= 15 is 0 Å². The smallest absolute Gasteiger partial charge is 0.343 e. The van der Waals surface area contributed by atoms with Gasteiger partial charge in [0.2, 0.25) is 5.91 Å². The number of amides is 1. The standard InChI is InChI=1S/C19H31NO4Si/c1-9-23-17(22)19(24-25(6,7)8,15-13-11-10-12-14-15)18(2,3)16(21)20(4)5/h10-14H,9H2,1-8H3. The molecule has 0 radical (unpaired) electrons. The first-order chi connectivity index (χ1) is 11.4. The molecule has 0 bridgehead atoms. The second-order valence-electron chi connectivity index (χ2n) is 7.81. The van der Waals surface area contributed by atoms with Crippen LogP contribution in [0.4, 0.5) is 0 Å². The first-order valence-corrected chi connectivity index (χ1v) is 12.0. The molecule has 0 aliphatic rings. The molecule has 140 valence electrons. The van der Waals surface area contributed by atoms with E-state index in [9.17, 15) is 9.59 Å². The molecule has 1 rings (SSSR count). The summed E-state index contributed by atoms with van der Waals surface area (Å²) in [5.74, 6) is -0.716. The summed E-state index contributed by atoms with van der Waals surface area (Å²) in [6.07, 6.45) is 0. The van der Waals surface area contributed by atoms with E-state index in [0.717, 1.165) is 0 Å². The van der Waals surface area contributed by atoms with Crippen LogP contribution in [-0.4, -0.2) is 45.8 Å². The molecule has 25 heavy (non-hydrogen) atoms. The third kappa shape index (κ3) is 4.30. The van der Waals surface area contributed by atoms with Gasteiger partial charge in [-0.3, -0.25) is 4.79 Å². The summed E-state index contributed by atoms with van der Waals surface area (Å²) >= 11 is 0. The van der Waals surface area contributed by atoms with E-state index in [1.165, 1.54) is 4.90 Å². The maximum absolute atomic E-state index is 13.2. The van der Waals surface area contributed by atoms with Crippen LogP contribution in [-0.2, 0) is 24.4 Å². The Balaban J connectivity index is 3.77. The van der Waals surface area contributed by atoms with Crippen molar-refractivity contribution in [3.63, 3.8) is 0 Å². The van der Waals surface area contributed by atoms with Crippen molar-refractivity contribution in [2.75, 3.05) is 20.7 Å². The summed E-state index contributed by atoms with van der Waals surface area (Å²) in [4.78, 5) is 27.7. The maximum atomic E-state index is 13.2. The largest absolute Gasteiger partial charge is 0.464 e. The van der Waals surface area contributed by atoms with Gasteiger partial charge in [0.15, 0.2) is 13.9 Å². The highest BCUT2D eigenvalue weighted by Crippen LogP contribution is 2.47. The second kappa shape index (κ2) is 7.70. The quantitative estimate of drug-likeness (QED) is 0.549. The van der Waals surface area contributed by atoms with Gasteiger partial charge in [-0.2, -0.15) is 0 Å². The fourth-order valence-electron chi connectivity index (χ4n) is 3.04. The van der Waals surface area contributed by atoms with Crippen molar-refractivity contribution in [3.05, 3.63) is 35.9 Å². The van der Waals surface area contributed by atoms with Crippen molar-refractivity contribution < 1.29 is 18.8 Å². The third-order valence-corrected chi connectivity index (χ3v) is 4.94. The van der Waals surface area contributed by atoms with Crippen LogP contribution in [0.1, 0.15) is 26.3 Å². The molecule has 0 saturated carbocycles. The molecular weight excluding hydrogens is 334 g/mol. The van der Waals surface area contributed by atoms with E-state index in [4.69, 9.17) is 9.16 Å². The monoisotopic (exact) mass is 365 g/mol. The molecule has 0 heterocycles. The molecule has 0 aliphatic carbocycles. The van der Waals surface area contributed by atoms with Gasteiger partial charge in [0.25, 0.3) is 0 Å². The average Bonchev–Trinajstić information content (AvgIpc) is 2.51. The summed E-state index contributed by atoms with van der Waals surface area (Å²) in [6, 6.07) is 9.19. The summed E-state index contributed by atoms with van der Waals surface area (Å²) in [5.41, 5.74) is -2.02. The number of carbonyl (C=O) groups excluding carboxylic acids is 2. The van der Waals surface area contributed by atoms with Gasteiger partial charge < -0.3 is 14.1 Å². The van der Waals surface area contributed by atoms with Crippen molar-refractivity contribution >= 4 is 20.2 Å². The molecule has 1 aromatic rings. The van der Waals surface area contributed by atoms with Crippen molar-refractivity contribution in [2.45, 2.75) is 46.0 Å². The molecule has 0 spiro atoms. The normalized spacial score (nSPS) is 14.6. The lowest BCUT2D eigenvalue weighted by Crippen LogP contribution is -2.60. The van der Waals surface area contributed by atoms with Gasteiger partial charge in [0.1, 0.15) is 0 Å². The highest BCUT2D eigenvalue weighted by atomic mass is 28.4. The summed E-state index contributed by atoms with van der Waals surface area (Å²) < 4.78 is 11.9. The number of hydrogen-bond acceptors (Lipinski definition) is 4. The maximum Gasteiger partial charge on any atom is 0.343 e. The molecule has 1 atom stereocenters. The lowest BCUT2D eigenvalue weighted by atomic mass is 9.69. The van der Waals surface area contributed by atoms with Crippen LogP contribution >= 0.6 is 0 Å². The number of ether oxygens (including phenoxy) is 1. The van der Waals surface area contributed by atoms with Crippen LogP contribution in [0.5, 0.6) is 0 Å². The van der Waals surface area contributed by atoms with E-state index in [1.54, 1.807) is 34.9 Å². The van der Waals surface area contributed by atoms with Crippen LogP contribution in [0.15, 0.2) is 30.3 Å². The minimum absolute atomic E-state index is 0.192.